The summed E-state index contributed by atoms with van der Waals surface area (Å²) in [5.41, 5.74) is 6.59. The molecule has 1 aromatic carbocycles. The third-order valence-corrected chi connectivity index (χ3v) is 3.26. The Labute approximate surface area is 82.5 Å². The van der Waals surface area contributed by atoms with Crippen LogP contribution in [0.3, 0.4) is 0 Å². The summed E-state index contributed by atoms with van der Waals surface area (Å²) < 4.78 is 13.1. The summed E-state index contributed by atoms with van der Waals surface area (Å²) in [6.45, 7) is 0.553. The van der Waals surface area contributed by atoms with Crippen LogP contribution in [0.4, 0.5) is 4.39 Å². The van der Waals surface area contributed by atoms with Crippen LogP contribution >= 0.6 is 0 Å². The molecule has 0 aromatic heterocycles. The lowest BCUT2D eigenvalue weighted by Gasteiger charge is -2.41. The summed E-state index contributed by atoms with van der Waals surface area (Å²) in [6.07, 6.45) is 3.20. The summed E-state index contributed by atoms with van der Waals surface area (Å²) in [7, 11) is 0. The molecule has 0 atom stereocenters. The number of benzene rings is 1. The second kappa shape index (κ2) is 3.24. The van der Waals surface area contributed by atoms with Crippen molar-refractivity contribution in [1.29, 1.82) is 0 Å². The van der Waals surface area contributed by atoms with Crippen molar-refractivity contribution < 1.29 is 9.50 Å². The molecule has 3 heteroatoms. The number of hydrogen-bond acceptors (Lipinski definition) is 2. The van der Waals surface area contributed by atoms with Gasteiger partial charge in [-0.2, -0.15) is 0 Å². The minimum Gasteiger partial charge on any atom is -0.505 e. The number of halogens is 1. The van der Waals surface area contributed by atoms with E-state index in [2.05, 4.69) is 0 Å². The molecule has 1 fully saturated rings. The van der Waals surface area contributed by atoms with Crippen molar-refractivity contribution in [2.45, 2.75) is 24.7 Å². The van der Waals surface area contributed by atoms with E-state index in [-0.39, 0.29) is 11.2 Å². The van der Waals surface area contributed by atoms with Crippen molar-refractivity contribution in [2.24, 2.45) is 5.73 Å². The number of nitrogens with two attached hydrogens (primary N) is 1. The van der Waals surface area contributed by atoms with Gasteiger partial charge >= 0.3 is 0 Å². The van der Waals surface area contributed by atoms with Gasteiger partial charge in [0.2, 0.25) is 0 Å². The van der Waals surface area contributed by atoms with Crippen molar-refractivity contribution in [2.75, 3.05) is 6.54 Å². The molecule has 0 spiro atoms. The van der Waals surface area contributed by atoms with Gasteiger partial charge in [-0.25, -0.2) is 4.39 Å². The molecule has 0 aliphatic heterocycles. The molecule has 3 N–H and O–H groups in total. The Kier molecular flexibility index (Phi) is 2.19. The molecule has 76 valence electrons. The van der Waals surface area contributed by atoms with Crippen LogP contribution in [-0.2, 0) is 5.41 Å². The van der Waals surface area contributed by atoms with Crippen LogP contribution < -0.4 is 5.73 Å². The van der Waals surface area contributed by atoms with Crippen molar-refractivity contribution >= 4 is 0 Å². The number of rotatable bonds is 2. The highest BCUT2D eigenvalue weighted by atomic mass is 19.1. The molecule has 2 rings (SSSR count). The van der Waals surface area contributed by atoms with E-state index in [0.29, 0.717) is 6.54 Å². The molecule has 0 amide bonds. The predicted molar refractivity (Wildman–Crippen MR) is 52.6 cm³/mol. The third-order valence-electron chi connectivity index (χ3n) is 3.26. The van der Waals surface area contributed by atoms with E-state index in [9.17, 15) is 4.39 Å². The minimum atomic E-state index is -0.553. The maximum atomic E-state index is 13.1. The normalized spacial score (nSPS) is 19.0. The maximum absolute atomic E-state index is 13.1. The molecule has 1 aromatic rings. The van der Waals surface area contributed by atoms with E-state index in [4.69, 9.17) is 10.8 Å². The fourth-order valence-electron chi connectivity index (χ4n) is 2.05. The van der Waals surface area contributed by atoms with Gasteiger partial charge in [0.05, 0.1) is 0 Å². The highest BCUT2D eigenvalue weighted by molar-refractivity contribution is 5.34. The van der Waals surface area contributed by atoms with Gasteiger partial charge in [-0.3, -0.25) is 0 Å². The Hall–Kier alpha value is -1.09. The first-order valence-corrected chi connectivity index (χ1v) is 4.87. The van der Waals surface area contributed by atoms with Gasteiger partial charge in [-0.15, -0.1) is 0 Å². The Morgan fingerprint density at radius 1 is 1.43 bits per heavy atom. The summed E-state index contributed by atoms with van der Waals surface area (Å²) in [5, 5.41) is 9.07. The molecule has 1 saturated carbocycles. The van der Waals surface area contributed by atoms with Crippen LogP contribution in [0.1, 0.15) is 24.8 Å². The summed E-state index contributed by atoms with van der Waals surface area (Å²) in [6, 6.07) is 4.58. The van der Waals surface area contributed by atoms with Crippen LogP contribution in [0.5, 0.6) is 5.75 Å². The Bertz CT molecular complexity index is 342. The van der Waals surface area contributed by atoms with Gasteiger partial charge in [0.1, 0.15) is 0 Å². The predicted octanol–water partition coefficient (Wildman–Crippen LogP) is 1.91. The Morgan fingerprint density at radius 3 is 2.57 bits per heavy atom. The molecule has 0 bridgehead atoms. The molecular weight excluding hydrogens is 181 g/mol. The topological polar surface area (TPSA) is 46.2 Å². The zero-order chi connectivity index (χ0) is 10.2. The van der Waals surface area contributed by atoms with E-state index < -0.39 is 5.82 Å². The highest BCUT2D eigenvalue weighted by Crippen LogP contribution is 2.43. The van der Waals surface area contributed by atoms with E-state index >= 15 is 0 Å². The van der Waals surface area contributed by atoms with Gasteiger partial charge < -0.3 is 10.8 Å². The second-order valence-electron chi connectivity index (χ2n) is 4.00. The van der Waals surface area contributed by atoms with Gasteiger partial charge in [0.15, 0.2) is 11.6 Å². The van der Waals surface area contributed by atoms with Crippen molar-refractivity contribution in [3.8, 4) is 5.75 Å². The van der Waals surface area contributed by atoms with Gasteiger partial charge in [-0.1, -0.05) is 12.5 Å². The van der Waals surface area contributed by atoms with Crippen LogP contribution in [0.25, 0.3) is 0 Å². The standard InChI is InChI=1S/C11H14FNO/c12-9-6-8(2-3-10(9)14)11(7-13)4-1-5-11/h2-3,6,14H,1,4-5,7,13H2. The molecule has 0 saturated heterocycles. The van der Waals surface area contributed by atoms with Crippen molar-refractivity contribution in [1.82, 2.24) is 0 Å². The van der Waals surface area contributed by atoms with E-state index in [1.54, 1.807) is 6.07 Å². The van der Waals surface area contributed by atoms with Crippen LogP contribution in [0, 0.1) is 5.82 Å². The van der Waals surface area contributed by atoms with Gasteiger partial charge in [0.25, 0.3) is 0 Å². The molecule has 0 heterocycles. The monoisotopic (exact) mass is 195 g/mol. The quantitative estimate of drug-likeness (QED) is 0.757. The lowest BCUT2D eigenvalue weighted by atomic mass is 9.64. The largest absolute Gasteiger partial charge is 0.505 e. The van der Waals surface area contributed by atoms with E-state index in [1.165, 1.54) is 12.1 Å². The Morgan fingerprint density at radius 2 is 2.14 bits per heavy atom. The van der Waals surface area contributed by atoms with Gasteiger partial charge in [-0.05, 0) is 30.5 Å². The molecule has 14 heavy (non-hydrogen) atoms. The number of aromatic hydroxyl groups is 1. The molecule has 0 radical (unpaired) electrons. The fraction of sp³-hybridized carbons (Fsp3) is 0.455. The maximum Gasteiger partial charge on any atom is 0.165 e. The lowest BCUT2D eigenvalue weighted by molar-refractivity contribution is 0.252. The molecular formula is C11H14FNO. The average Bonchev–Trinajstić information content (AvgIpc) is 2.10. The smallest absolute Gasteiger partial charge is 0.165 e. The zero-order valence-corrected chi connectivity index (χ0v) is 7.96. The molecule has 0 unspecified atom stereocenters. The van der Waals surface area contributed by atoms with Crippen LogP contribution in [0.2, 0.25) is 0 Å². The first-order chi connectivity index (χ1) is 6.68. The van der Waals surface area contributed by atoms with E-state index in [1.807, 2.05) is 0 Å². The summed E-state index contributed by atoms with van der Waals surface area (Å²) >= 11 is 0. The summed E-state index contributed by atoms with van der Waals surface area (Å²) in [4.78, 5) is 0. The molecule has 1 aliphatic rings. The molecule has 1 aliphatic carbocycles. The third kappa shape index (κ3) is 1.28. The average molecular weight is 195 g/mol. The van der Waals surface area contributed by atoms with Gasteiger partial charge in [0, 0.05) is 12.0 Å². The SMILES string of the molecule is NCC1(c2ccc(O)c(F)c2)CCC1. The second-order valence-corrected chi connectivity index (χ2v) is 4.00. The Balaban J connectivity index is 2.36. The number of phenolic OH excluding ortho intramolecular Hbond substituents is 1. The van der Waals surface area contributed by atoms with Crippen LogP contribution in [0.15, 0.2) is 18.2 Å². The number of phenols is 1. The summed E-state index contributed by atoms with van der Waals surface area (Å²) in [5.74, 6) is -0.845. The van der Waals surface area contributed by atoms with Crippen LogP contribution in [-0.4, -0.2) is 11.7 Å². The number of hydrogen-bond donors (Lipinski definition) is 2. The fourth-order valence-corrected chi connectivity index (χ4v) is 2.05. The van der Waals surface area contributed by atoms with Crippen molar-refractivity contribution in [3.63, 3.8) is 0 Å². The first kappa shape index (κ1) is 9.46. The highest BCUT2D eigenvalue weighted by Gasteiger charge is 2.37. The van der Waals surface area contributed by atoms with E-state index in [0.717, 1.165) is 24.8 Å². The lowest BCUT2D eigenvalue weighted by Crippen LogP contribution is -2.41. The molecule has 2 nitrogen and oxygen atoms in total. The zero-order valence-electron chi connectivity index (χ0n) is 7.96. The first-order valence-electron chi connectivity index (χ1n) is 4.87. The minimum absolute atomic E-state index is 0.0332. The van der Waals surface area contributed by atoms with Crippen molar-refractivity contribution in [3.05, 3.63) is 29.6 Å².